The van der Waals surface area contributed by atoms with E-state index in [1.54, 1.807) is 0 Å². The number of benzene rings is 3. The van der Waals surface area contributed by atoms with Crippen LogP contribution < -0.4 is 18.6 Å². The van der Waals surface area contributed by atoms with Crippen molar-refractivity contribution in [3.05, 3.63) is 102 Å². The molecule has 0 bridgehead atoms. The number of halogens is 1. The maximum atomic E-state index is 8.49. The average Bonchev–Trinajstić information content (AvgIpc) is 2.93. The number of rotatable bonds is 11. The second-order valence-corrected chi connectivity index (χ2v) is 10.4. The Hall–Kier alpha value is -3.06. The minimum atomic E-state index is -4.94. The van der Waals surface area contributed by atoms with Crippen LogP contribution >= 0.6 is 0 Å². The van der Waals surface area contributed by atoms with Crippen LogP contribution in [-0.4, -0.2) is 0 Å². The summed E-state index contributed by atoms with van der Waals surface area (Å²) in [5, 5.41) is 0. The van der Waals surface area contributed by atoms with E-state index >= 15 is 0 Å². The first-order chi connectivity index (χ1) is 18.8. The Bertz CT molecular complexity index is 1170. The normalized spacial score (nSPS) is 11.1. The average molecular weight is 549 g/mol. The highest BCUT2D eigenvalue weighted by molar-refractivity contribution is 5.74. The first kappa shape index (κ1) is 30.5. The maximum Gasteiger partial charge on any atom is 0.361 e. The lowest BCUT2D eigenvalue weighted by molar-refractivity contribution is -2.00. The highest BCUT2D eigenvalue weighted by Crippen LogP contribution is 2.33. The van der Waals surface area contributed by atoms with Crippen molar-refractivity contribution in [3.8, 4) is 33.8 Å². The van der Waals surface area contributed by atoms with E-state index in [9.17, 15) is 0 Å². The lowest BCUT2D eigenvalue weighted by Gasteiger charge is -2.17. The molecule has 0 saturated heterocycles. The molecule has 0 aliphatic heterocycles. The summed E-state index contributed by atoms with van der Waals surface area (Å²) in [6, 6.07) is 32.7. The van der Waals surface area contributed by atoms with Gasteiger partial charge in [0.1, 0.15) is 0 Å². The number of aryl methyl sites for hydroxylation is 2. The van der Waals surface area contributed by atoms with E-state index in [0.717, 1.165) is 35.5 Å². The smallest absolute Gasteiger partial charge is 0.222 e. The summed E-state index contributed by atoms with van der Waals surface area (Å²) in [6.45, 7) is 4.50. The molecule has 4 aromatic rings. The fourth-order valence-electron chi connectivity index (χ4n) is 4.41. The summed E-state index contributed by atoms with van der Waals surface area (Å²) in [7, 11) is -4.94. The molecule has 3 aromatic carbocycles. The molecule has 0 unspecified atom stereocenters. The van der Waals surface area contributed by atoms with Gasteiger partial charge in [0.15, 0.2) is 0 Å². The van der Waals surface area contributed by atoms with E-state index in [1.807, 2.05) is 0 Å². The number of hydrogen-bond donors (Lipinski definition) is 0. The summed E-state index contributed by atoms with van der Waals surface area (Å²) in [4.78, 5) is 0. The first-order valence-corrected chi connectivity index (χ1v) is 14.8. The molecule has 5 nitrogen and oxygen atoms in total. The standard InChI is InChI=1S/C33H37O.ClHO4/c1-3-5-8-12-26-16-20-29(21-17-26)32-24-31(28-14-10-7-11-15-28)25-33(34-32)30-22-18-27(19-23-30)13-9-6-4-2;2-1(3,4)5/h7,10-11,14-25H,3-6,8-9,12-13H2,1-2H3;(H,2,3,4,5)/q+1;/p-1. The molecule has 0 aliphatic carbocycles. The van der Waals surface area contributed by atoms with E-state index in [1.165, 1.54) is 60.8 Å². The van der Waals surface area contributed by atoms with Crippen molar-refractivity contribution in [1.29, 1.82) is 0 Å². The molecule has 0 saturated carbocycles. The Labute approximate surface area is 234 Å². The largest absolute Gasteiger partial charge is 0.361 e. The van der Waals surface area contributed by atoms with Gasteiger partial charge in [0.2, 0.25) is 0 Å². The van der Waals surface area contributed by atoms with E-state index in [0.29, 0.717) is 0 Å². The number of unbranched alkanes of at least 4 members (excludes halogenated alkanes) is 4. The minimum absolute atomic E-state index is 0.906. The minimum Gasteiger partial charge on any atom is -0.222 e. The van der Waals surface area contributed by atoms with Crippen molar-refractivity contribution in [3.63, 3.8) is 0 Å². The van der Waals surface area contributed by atoms with Crippen LogP contribution in [0.1, 0.15) is 63.5 Å². The molecule has 0 spiro atoms. The third kappa shape index (κ3) is 10.9. The van der Waals surface area contributed by atoms with Crippen LogP contribution in [0.5, 0.6) is 0 Å². The van der Waals surface area contributed by atoms with Crippen molar-refractivity contribution in [2.24, 2.45) is 0 Å². The lowest BCUT2D eigenvalue weighted by atomic mass is 9.99. The van der Waals surface area contributed by atoms with E-state index in [-0.39, 0.29) is 0 Å². The fourth-order valence-corrected chi connectivity index (χ4v) is 4.41. The third-order valence-electron chi connectivity index (χ3n) is 6.52. The van der Waals surface area contributed by atoms with Gasteiger partial charge >= 0.3 is 11.5 Å². The van der Waals surface area contributed by atoms with Crippen LogP contribution in [0.15, 0.2) is 95.4 Å². The van der Waals surface area contributed by atoms with Gasteiger partial charge < -0.3 is 0 Å². The van der Waals surface area contributed by atoms with Gasteiger partial charge in [0.25, 0.3) is 0 Å². The van der Waals surface area contributed by atoms with Crippen molar-refractivity contribution in [1.82, 2.24) is 0 Å². The Morgan fingerprint density at radius 1 is 0.513 bits per heavy atom. The molecule has 0 N–H and O–H groups in total. The number of hydrogen-bond acceptors (Lipinski definition) is 4. The highest BCUT2D eigenvalue weighted by Gasteiger charge is 2.20. The van der Waals surface area contributed by atoms with Crippen molar-refractivity contribution in [2.75, 3.05) is 0 Å². The summed E-state index contributed by atoms with van der Waals surface area (Å²) >= 11 is 0. The zero-order valence-corrected chi connectivity index (χ0v) is 23.5. The van der Waals surface area contributed by atoms with Crippen molar-refractivity contribution in [2.45, 2.75) is 65.2 Å². The van der Waals surface area contributed by atoms with Gasteiger partial charge in [-0.05, 0) is 66.6 Å². The molecule has 0 fully saturated rings. The molecular formula is C33H37ClO5. The van der Waals surface area contributed by atoms with Crippen molar-refractivity contribution < 1.29 is 33.3 Å². The molecule has 0 radical (unpaired) electrons. The Balaban J connectivity index is 0.000000771. The molecule has 0 aliphatic rings. The van der Waals surface area contributed by atoms with Gasteiger partial charge in [-0.1, -0.05) is 94.1 Å². The molecule has 206 valence electrons. The Kier molecular flexibility index (Phi) is 12.1. The van der Waals surface area contributed by atoms with Crippen LogP contribution in [0, 0.1) is 10.2 Å². The Morgan fingerprint density at radius 2 is 0.923 bits per heavy atom. The predicted octanol–water partition coefficient (Wildman–Crippen LogP) is 5.27. The molecule has 4 rings (SSSR count). The summed E-state index contributed by atoms with van der Waals surface area (Å²) in [6.07, 6.45) is 9.88. The van der Waals surface area contributed by atoms with E-state index in [2.05, 4.69) is 105 Å². The zero-order valence-electron chi connectivity index (χ0n) is 22.7. The zero-order chi connectivity index (χ0) is 28.1. The van der Waals surface area contributed by atoms with Crippen LogP contribution in [-0.2, 0) is 12.8 Å². The van der Waals surface area contributed by atoms with Gasteiger partial charge in [-0.3, -0.25) is 0 Å². The second kappa shape index (κ2) is 15.5. The maximum absolute atomic E-state index is 8.49. The first-order valence-electron chi connectivity index (χ1n) is 13.6. The molecule has 6 heteroatoms. The summed E-state index contributed by atoms with van der Waals surface area (Å²) in [5.74, 6) is 1.81. The van der Waals surface area contributed by atoms with Crippen LogP contribution in [0.25, 0.3) is 33.8 Å². The van der Waals surface area contributed by atoms with Crippen LogP contribution in [0.2, 0.25) is 0 Å². The SMILES string of the molecule is CCCCCc1ccc(-c2cc(-c3ccccc3)cc(-c3ccc(CCCCC)cc3)[o+]2)cc1.[O-][Cl+3]([O-])([O-])[O-]. The van der Waals surface area contributed by atoms with Gasteiger partial charge in [0, 0.05) is 5.56 Å². The van der Waals surface area contributed by atoms with Gasteiger partial charge in [-0.2, -0.15) is 0 Å². The molecule has 1 aromatic heterocycles. The monoisotopic (exact) mass is 548 g/mol. The lowest BCUT2D eigenvalue weighted by Crippen LogP contribution is -2.68. The second-order valence-electron chi connectivity index (χ2n) is 9.63. The topological polar surface area (TPSA) is 104 Å². The van der Waals surface area contributed by atoms with E-state index in [4.69, 9.17) is 23.1 Å². The molecular weight excluding hydrogens is 512 g/mol. The van der Waals surface area contributed by atoms with Crippen LogP contribution in [0.3, 0.4) is 0 Å². The predicted molar refractivity (Wildman–Crippen MR) is 146 cm³/mol. The summed E-state index contributed by atoms with van der Waals surface area (Å²) in [5.41, 5.74) is 7.42. The third-order valence-corrected chi connectivity index (χ3v) is 6.52. The summed E-state index contributed by atoms with van der Waals surface area (Å²) < 4.78 is 40.5. The van der Waals surface area contributed by atoms with E-state index < -0.39 is 10.2 Å². The van der Waals surface area contributed by atoms with Gasteiger partial charge in [0.05, 0.1) is 23.3 Å². The van der Waals surface area contributed by atoms with Crippen LogP contribution in [0.4, 0.5) is 0 Å². The Morgan fingerprint density at radius 3 is 1.31 bits per heavy atom. The molecule has 39 heavy (non-hydrogen) atoms. The van der Waals surface area contributed by atoms with Gasteiger partial charge in [-0.15, -0.1) is 10.2 Å². The quantitative estimate of drug-likeness (QED) is 0.187. The fraction of sp³-hybridized carbons (Fsp3) is 0.303. The highest BCUT2D eigenvalue weighted by atomic mass is 35.7. The molecule has 0 atom stereocenters. The molecule has 1 heterocycles. The van der Waals surface area contributed by atoms with Crippen molar-refractivity contribution >= 4 is 0 Å². The molecule has 0 amide bonds. The van der Waals surface area contributed by atoms with Gasteiger partial charge in [-0.25, -0.2) is 23.1 Å².